The Balaban J connectivity index is 3.74. The van der Waals surface area contributed by atoms with Crippen molar-refractivity contribution in [3.8, 4) is 0 Å². The Hall–Kier alpha value is -1.32. The molecule has 0 unspecified atom stereocenters. The minimum absolute atomic E-state index is 0.0278. The van der Waals surface area contributed by atoms with E-state index in [0.29, 0.717) is 0 Å². The van der Waals surface area contributed by atoms with Gasteiger partial charge in [-0.3, -0.25) is 0 Å². The van der Waals surface area contributed by atoms with Crippen molar-refractivity contribution in [1.82, 2.24) is 0 Å². The lowest BCUT2D eigenvalue weighted by Crippen LogP contribution is -1.84. The number of aliphatic imine (C=N–C) groups is 1. The Morgan fingerprint density at radius 1 is 1.56 bits per heavy atom. The summed E-state index contributed by atoms with van der Waals surface area (Å²) >= 11 is 0. The summed E-state index contributed by atoms with van der Waals surface area (Å²) in [4.78, 5) is 12.6. The molecule has 9 heavy (non-hydrogen) atoms. The van der Waals surface area contributed by atoms with Gasteiger partial charge in [0.05, 0.1) is 5.76 Å². The number of rotatable bonds is 1. The fraction of sp³-hybridized carbons (Fsp3) is 0.200. The second-order valence-electron chi connectivity index (χ2n) is 1.37. The molecule has 0 spiro atoms. The van der Waals surface area contributed by atoms with Crippen LogP contribution in [0.5, 0.6) is 0 Å². The van der Waals surface area contributed by atoms with Gasteiger partial charge in [0.25, 0.3) is 0 Å². The number of carboxylic acid groups (broad SMARTS) is 1. The first-order chi connectivity index (χ1) is 4.13. The van der Waals surface area contributed by atoms with E-state index in [1.807, 2.05) is 0 Å². The Morgan fingerprint density at radius 3 is 2.44 bits per heavy atom. The number of aliphatic hydroxyl groups is 1. The lowest BCUT2D eigenvalue weighted by Gasteiger charge is -1.79. The maximum Gasteiger partial charge on any atom is 0.431 e. The monoisotopic (exact) mass is 129 g/mol. The largest absolute Gasteiger partial charge is 0.513 e. The second-order valence-corrected chi connectivity index (χ2v) is 1.37. The van der Waals surface area contributed by atoms with Crippen LogP contribution in [0.15, 0.2) is 16.8 Å². The number of hydrogen-bond acceptors (Lipinski definition) is 2. The molecule has 0 bridgehead atoms. The molecule has 0 atom stereocenters. The molecule has 0 radical (unpaired) electrons. The van der Waals surface area contributed by atoms with Crippen LogP contribution in [0, 0.1) is 0 Å². The maximum absolute atomic E-state index is 9.67. The molecular weight excluding hydrogens is 122 g/mol. The van der Waals surface area contributed by atoms with Crippen molar-refractivity contribution in [2.45, 2.75) is 6.92 Å². The number of hydrogen-bond donors (Lipinski definition) is 2. The molecule has 4 nitrogen and oxygen atoms in total. The molecule has 0 heterocycles. The average Bonchev–Trinajstić information content (AvgIpc) is 1.63. The summed E-state index contributed by atoms with van der Waals surface area (Å²) in [6.45, 7) is 1.42. The van der Waals surface area contributed by atoms with Gasteiger partial charge < -0.3 is 10.2 Å². The zero-order valence-electron chi connectivity index (χ0n) is 4.90. The van der Waals surface area contributed by atoms with E-state index < -0.39 is 6.09 Å². The molecule has 0 saturated heterocycles. The van der Waals surface area contributed by atoms with Crippen LogP contribution in [0.3, 0.4) is 0 Å². The fourth-order valence-electron chi connectivity index (χ4n) is 0.209. The van der Waals surface area contributed by atoms with Gasteiger partial charge >= 0.3 is 6.09 Å². The van der Waals surface area contributed by atoms with Gasteiger partial charge in [0, 0.05) is 6.21 Å². The Kier molecular flexibility index (Phi) is 3.12. The quantitative estimate of drug-likeness (QED) is 0.412. The van der Waals surface area contributed by atoms with E-state index in [1.165, 1.54) is 13.0 Å². The Morgan fingerprint density at radius 2 is 2.11 bits per heavy atom. The summed E-state index contributed by atoms with van der Waals surface area (Å²) in [5.41, 5.74) is 0. The summed E-state index contributed by atoms with van der Waals surface area (Å²) in [7, 11) is 0. The van der Waals surface area contributed by atoms with Crippen molar-refractivity contribution in [2.24, 2.45) is 4.99 Å². The third-order valence-corrected chi connectivity index (χ3v) is 0.501. The van der Waals surface area contributed by atoms with Crippen LogP contribution in [-0.4, -0.2) is 22.5 Å². The maximum atomic E-state index is 9.67. The van der Waals surface area contributed by atoms with E-state index >= 15 is 0 Å². The molecule has 50 valence electrons. The van der Waals surface area contributed by atoms with E-state index in [2.05, 4.69) is 4.99 Å². The van der Waals surface area contributed by atoms with Gasteiger partial charge in [0.1, 0.15) is 0 Å². The van der Waals surface area contributed by atoms with E-state index in [0.717, 1.165) is 6.21 Å². The predicted molar refractivity (Wildman–Crippen MR) is 32.9 cm³/mol. The highest BCUT2D eigenvalue weighted by molar-refractivity contribution is 5.83. The highest BCUT2D eigenvalue weighted by Gasteiger charge is 1.82. The molecule has 0 aromatic rings. The highest BCUT2D eigenvalue weighted by Crippen LogP contribution is 1.79. The highest BCUT2D eigenvalue weighted by atomic mass is 16.4. The zero-order valence-corrected chi connectivity index (χ0v) is 4.90. The Bertz CT molecular complexity index is 156. The first-order valence-corrected chi connectivity index (χ1v) is 2.26. The molecular formula is C5H7NO3. The number of nitrogens with zero attached hydrogens (tertiary/aromatic N) is 1. The fourth-order valence-corrected chi connectivity index (χ4v) is 0.209. The lowest BCUT2D eigenvalue weighted by atomic mass is 10.5. The average molecular weight is 129 g/mol. The molecule has 0 aliphatic carbocycles. The minimum atomic E-state index is -1.27. The van der Waals surface area contributed by atoms with Crippen molar-refractivity contribution in [3.05, 3.63) is 11.8 Å². The molecule has 0 aromatic carbocycles. The summed E-state index contributed by atoms with van der Waals surface area (Å²) in [5.74, 6) is 0.0278. The Labute approximate surface area is 52.2 Å². The van der Waals surface area contributed by atoms with Crippen LogP contribution in [0.4, 0.5) is 4.79 Å². The summed E-state index contributed by atoms with van der Waals surface area (Å²) in [6.07, 6.45) is 0.929. The number of amides is 1. The van der Waals surface area contributed by atoms with E-state index in [1.54, 1.807) is 0 Å². The minimum Gasteiger partial charge on any atom is -0.513 e. The number of aliphatic hydroxyl groups excluding tert-OH is 1. The number of carbonyl (C=O) groups is 1. The van der Waals surface area contributed by atoms with Crippen LogP contribution in [-0.2, 0) is 0 Å². The van der Waals surface area contributed by atoms with Gasteiger partial charge in [-0.25, -0.2) is 4.79 Å². The topological polar surface area (TPSA) is 69.9 Å². The van der Waals surface area contributed by atoms with Gasteiger partial charge in [-0.05, 0) is 13.0 Å². The number of allylic oxidation sites excluding steroid dienone is 2. The van der Waals surface area contributed by atoms with Crippen molar-refractivity contribution < 1.29 is 15.0 Å². The van der Waals surface area contributed by atoms with Crippen LogP contribution in [0.1, 0.15) is 6.92 Å². The molecule has 0 saturated carbocycles. The van der Waals surface area contributed by atoms with Gasteiger partial charge in [0.15, 0.2) is 0 Å². The van der Waals surface area contributed by atoms with Gasteiger partial charge in [0.2, 0.25) is 0 Å². The molecule has 0 aromatic heterocycles. The first kappa shape index (κ1) is 7.68. The van der Waals surface area contributed by atoms with Crippen LogP contribution >= 0.6 is 0 Å². The van der Waals surface area contributed by atoms with Crippen LogP contribution < -0.4 is 0 Å². The van der Waals surface area contributed by atoms with Crippen molar-refractivity contribution >= 4 is 12.3 Å². The standard InChI is InChI=1S/C5H7NO3/c1-4(7)2-3-6-5(8)9/h2-3,7H,1H3,(H,8,9)/b4-2-,6-3?. The third kappa shape index (κ3) is 6.68. The first-order valence-electron chi connectivity index (χ1n) is 2.26. The second kappa shape index (κ2) is 3.65. The molecule has 0 aliphatic rings. The molecule has 4 heteroatoms. The predicted octanol–water partition coefficient (Wildman–Crippen LogP) is 1.20. The smallest absolute Gasteiger partial charge is 0.431 e. The van der Waals surface area contributed by atoms with Gasteiger partial charge in [-0.2, -0.15) is 4.99 Å². The SMILES string of the molecule is C/C(O)=C/C=NC(=O)O. The van der Waals surface area contributed by atoms with E-state index in [4.69, 9.17) is 10.2 Å². The summed E-state index contributed by atoms with van der Waals surface area (Å²) in [5, 5.41) is 16.4. The summed E-state index contributed by atoms with van der Waals surface area (Å²) < 4.78 is 0. The normalized spacial score (nSPS) is 12.3. The third-order valence-electron chi connectivity index (χ3n) is 0.501. The molecule has 1 amide bonds. The van der Waals surface area contributed by atoms with Crippen molar-refractivity contribution in [2.75, 3.05) is 0 Å². The lowest BCUT2D eigenvalue weighted by molar-refractivity contribution is 0.206. The van der Waals surface area contributed by atoms with E-state index in [-0.39, 0.29) is 5.76 Å². The van der Waals surface area contributed by atoms with E-state index in [9.17, 15) is 4.79 Å². The molecule has 0 aliphatic heterocycles. The zero-order chi connectivity index (χ0) is 7.28. The summed E-state index contributed by atoms with van der Waals surface area (Å²) in [6, 6.07) is 0. The van der Waals surface area contributed by atoms with Gasteiger partial charge in [-0.1, -0.05) is 0 Å². The van der Waals surface area contributed by atoms with Crippen LogP contribution in [0.25, 0.3) is 0 Å². The molecule has 2 N–H and O–H groups in total. The molecule has 0 rings (SSSR count). The van der Waals surface area contributed by atoms with Crippen molar-refractivity contribution in [1.29, 1.82) is 0 Å². The molecule has 0 fully saturated rings. The van der Waals surface area contributed by atoms with Gasteiger partial charge in [-0.15, -0.1) is 0 Å². The van der Waals surface area contributed by atoms with Crippen molar-refractivity contribution in [3.63, 3.8) is 0 Å². The van der Waals surface area contributed by atoms with Crippen LogP contribution in [0.2, 0.25) is 0 Å².